The molecule has 5 nitrogen and oxygen atoms in total. The minimum atomic E-state index is -0.133. The highest BCUT2D eigenvalue weighted by Gasteiger charge is 2.35. The number of carbonyl (C=O) groups excluding carboxylic acids is 2. The molecule has 178 valence electrons. The number of ether oxygens (including phenoxy) is 1. The van der Waals surface area contributed by atoms with Gasteiger partial charge >= 0.3 is 0 Å². The van der Waals surface area contributed by atoms with E-state index in [0.29, 0.717) is 17.9 Å². The largest absolute Gasteiger partial charge is 0.497 e. The fourth-order valence-electron chi connectivity index (χ4n) is 4.60. The molecule has 0 saturated carbocycles. The van der Waals surface area contributed by atoms with Crippen LogP contribution in [0.4, 0.5) is 0 Å². The third kappa shape index (κ3) is 4.73. The van der Waals surface area contributed by atoms with Crippen LogP contribution in [0.1, 0.15) is 58.2 Å². The van der Waals surface area contributed by atoms with Crippen LogP contribution in [0, 0.1) is 6.92 Å². The Hall–Kier alpha value is -3.12. The monoisotopic (exact) mass is 476 g/mol. The summed E-state index contributed by atoms with van der Waals surface area (Å²) in [6.45, 7) is 6.84. The number of thiophene rings is 1. The summed E-state index contributed by atoms with van der Waals surface area (Å²) in [5, 5.41) is 2.11. The van der Waals surface area contributed by atoms with Crippen molar-refractivity contribution in [2.24, 2.45) is 0 Å². The summed E-state index contributed by atoms with van der Waals surface area (Å²) in [4.78, 5) is 32.3. The second kappa shape index (κ2) is 10.4. The average molecular weight is 477 g/mol. The van der Waals surface area contributed by atoms with E-state index in [1.807, 2.05) is 30.9 Å². The van der Waals surface area contributed by atoms with Crippen molar-refractivity contribution in [3.8, 4) is 5.75 Å². The fourth-order valence-corrected chi connectivity index (χ4v) is 5.50. The molecule has 3 aromatic rings. The molecule has 1 aliphatic heterocycles. The summed E-state index contributed by atoms with van der Waals surface area (Å²) in [7, 11) is 1.60. The molecule has 1 aliphatic rings. The van der Waals surface area contributed by atoms with Crippen molar-refractivity contribution in [3.63, 3.8) is 0 Å². The van der Waals surface area contributed by atoms with Crippen molar-refractivity contribution in [3.05, 3.63) is 87.1 Å². The molecule has 0 N–H and O–H groups in total. The third-order valence-electron chi connectivity index (χ3n) is 6.80. The van der Waals surface area contributed by atoms with Crippen LogP contribution < -0.4 is 4.74 Å². The van der Waals surface area contributed by atoms with Gasteiger partial charge in [-0.25, -0.2) is 0 Å². The Morgan fingerprint density at radius 1 is 1.12 bits per heavy atom. The zero-order chi connectivity index (χ0) is 24.2. The number of benzene rings is 2. The molecule has 1 aromatic heterocycles. The maximum atomic E-state index is 13.8. The predicted octanol–water partition coefficient (Wildman–Crippen LogP) is 5.48. The van der Waals surface area contributed by atoms with Crippen LogP contribution in [-0.2, 0) is 11.2 Å². The van der Waals surface area contributed by atoms with Gasteiger partial charge in [0, 0.05) is 23.0 Å². The van der Waals surface area contributed by atoms with Crippen molar-refractivity contribution in [1.82, 2.24) is 9.80 Å². The van der Waals surface area contributed by atoms with E-state index in [1.54, 1.807) is 47.6 Å². The van der Waals surface area contributed by atoms with Crippen LogP contribution in [-0.4, -0.2) is 47.9 Å². The lowest BCUT2D eigenvalue weighted by Gasteiger charge is -2.39. The maximum absolute atomic E-state index is 13.8. The average Bonchev–Trinajstić information content (AvgIpc) is 3.35. The minimum Gasteiger partial charge on any atom is -0.497 e. The number of aryl methyl sites for hydroxylation is 1. The van der Waals surface area contributed by atoms with Gasteiger partial charge in [-0.3, -0.25) is 9.59 Å². The van der Waals surface area contributed by atoms with E-state index in [2.05, 4.69) is 30.5 Å². The van der Waals surface area contributed by atoms with Gasteiger partial charge in [-0.1, -0.05) is 31.2 Å². The Morgan fingerprint density at radius 2 is 1.85 bits per heavy atom. The summed E-state index contributed by atoms with van der Waals surface area (Å²) in [6.07, 6.45) is 1.61. The van der Waals surface area contributed by atoms with Crippen molar-refractivity contribution >= 4 is 23.2 Å². The third-order valence-corrected chi connectivity index (χ3v) is 7.79. The van der Waals surface area contributed by atoms with Gasteiger partial charge in [0.15, 0.2) is 0 Å². The van der Waals surface area contributed by atoms with Gasteiger partial charge in [-0.15, -0.1) is 11.3 Å². The number of methoxy groups -OCH3 is 1. The van der Waals surface area contributed by atoms with Gasteiger partial charge in [-0.05, 0) is 79.1 Å². The van der Waals surface area contributed by atoms with Gasteiger partial charge in [0.25, 0.3) is 5.91 Å². The van der Waals surface area contributed by atoms with Crippen molar-refractivity contribution < 1.29 is 14.3 Å². The topological polar surface area (TPSA) is 49.9 Å². The van der Waals surface area contributed by atoms with Gasteiger partial charge < -0.3 is 14.5 Å². The summed E-state index contributed by atoms with van der Waals surface area (Å²) < 4.78 is 5.22. The number of fused-ring (bicyclic) bond motifs is 1. The molecule has 2 heterocycles. The summed E-state index contributed by atoms with van der Waals surface area (Å²) >= 11 is 1.76. The highest BCUT2D eigenvalue weighted by Crippen LogP contribution is 2.39. The molecule has 34 heavy (non-hydrogen) atoms. The van der Waals surface area contributed by atoms with Crippen molar-refractivity contribution in [1.29, 1.82) is 0 Å². The first-order valence-electron chi connectivity index (χ1n) is 11.8. The molecule has 0 radical (unpaired) electrons. The van der Waals surface area contributed by atoms with Crippen LogP contribution in [0.25, 0.3) is 0 Å². The molecule has 2 atom stereocenters. The lowest BCUT2D eigenvalue weighted by atomic mass is 9.90. The minimum absolute atomic E-state index is 0.0211. The maximum Gasteiger partial charge on any atom is 0.254 e. The van der Waals surface area contributed by atoms with Crippen LogP contribution >= 0.6 is 11.3 Å². The van der Waals surface area contributed by atoms with E-state index in [1.165, 1.54) is 10.4 Å². The Bertz CT molecular complexity index is 1150. The van der Waals surface area contributed by atoms with E-state index in [-0.39, 0.29) is 30.4 Å². The Labute approximate surface area is 206 Å². The van der Waals surface area contributed by atoms with Gasteiger partial charge in [0.2, 0.25) is 5.91 Å². The molecule has 6 heteroatoms. The standard InChI is InChI=1S/C28H32N2O3S/c1-5-20(3)30(28(32)21-10-12-22(33-4)13-11-21)18-26(31)29-16-14-25-24(15-17-34-25)27(29)23-9-7-6-8-19(23)2/h6-13,15,17,20,27H,5,14,16,18H2,1-4H3. The number of nitrogens with zero attached hydrogens (tertiary/aromatic N) is 2. The molecular formula is C28H32N2O3S. The van der Waals surface area contributed by atoms with E-state index >= 15 is 0 Å². The van der Waals surface area contributed by atoms with Crippen molar-refractivity contribution in [2.75, 3.05) is 20.2 Å². The zero-order valence-corrected chi connectivity index (χ0v) is 21.1. The second-order valence-corrected chi connectivity index (χ2v) is 9.81. The van der Waals surface area contributed by atoms with Crippen LogP contribution in [0.15, 0.2) is 60.0 Å². The number of hydrogen-bond acceptors (Lipinski definition) is 4. The lowest BCUT2D eigenvalue weighted by Crippen LogP contribution is -2.49. The summed E-state index contributed by atoms with van der Waals surface area (Å²) in [5.74, 6) is 0.543. The molecule has 0 aliphatic carbocycles. The molecule has 2 aromatic carbocycles. The van der Waals surface area contributed by atoms with Crippen molar-refractivity contribution in [2.45, 2.75) is 45.7 Å². The predicted molar refractivity (Wildman–Crippen MR) is 137 cm³/mol. The van der Waals surface area contributed by atoms with Crippen LogP contribution in [0.3, 0.4) is 0 Å². The zero-order valence-electron chi connectivity index (χ0n) is 20.3. The van der Waals surface area contributed by atoms with Gasteiger partial charge in [0.05, 0.1) is 13.2 Å². The molecule has 2 unspecified atom stereocenters. The lowest BCUT2D eigenvalue weighted by molar-refractivity contribution is -0.134. The smallest absolute Gasteiger partial charge is 0.254 e. The molecular weight excluding hydrogens is 444 g/mol. The number of hydrogen-bond donors (Lipinski definition) is 0. The number of rotatable bonds is 7. The molecule has 0 spiro atoms. The van der Waals surface area contributed by atoms with E-state index < -0.39 is 0 Å². The highest BCUT2D eigenvalue weighted by atomic mass is 32.1. The first kappa shape index (κ1) is 24.0. The normalized spacial score (nSPS) is 16.0. The Morgan fingerprint density at radius 3 is 2.53 bits per heavy atom. The van der Waals surface area contributed by atoms with Crippen LogP contribution in [0.2, 0.25) is 0 Å². The van der Waals surface area contributed by atoms with E-state index in [4.69, 9.17) is 4.74 Å². The summed E-state index contributed by atoms with van der Waals surface area (Å²) in [6, 6.07) is 17.3. The quantitative estimate of drug-likeness (QED) is 0.454. The SMILES string of the molecule is CCC(C)N(CC(=O)N1CCc2sccc2C1c1ccccc1C)C(=O)c1ccc(OC)cc1. The number of carbonyl (C=O) groups is 2. The highest BCUT2D eigenvalue weighted by molar-refractivity contribution is 7.10. The van der Waals surface area contributed by atoms with E-state index in [9.17, 15) is 9.59 Å². The van der Waals surface area contributed by atoms with Gasteiger partial charge in [-0.2, -0.15) is 0 Å². The Kier molecular flexibility index (Phi) is 7.37. The Balaban J connectivity index is 1.63. The molecule has 4 rings (SSSR count). The first-order valence-corrected chi connectivity index (χ1v) is 12.7. The van der Waals surface area contributed by atoms with Crippen LogP contribution in [0.5, 0.6) is 5.75 Å². The number of amides is 2. The van der Waals surface area contributed by atoms with Gasteiger partial charge in [0.1, 0.15) is 12.3 Å². The molecule has 0 bridgehead atoms. The first-order chi connectivity index (χ1) is 16.4. The van der Waals surface area contributed by atoms with E-state index in [0.717, 1.165) is 24.0 Å². The fraction of sp³-hybridized carbons (Fsp3) is 0.357. The molecule has 2 amide bonds. The second-order valence-electron chi connectivity index (χ2n) is 8.81. The summed E-state index contributed by atoms with van der Waals surface area (Å²) in [5.41, 5.74) is 4.07. The molecule has 0 saturated heterocycles. The molecule has 0 fully saturated rings.